The van der Waals surface area contributed by atoms with E-state index in [2.05, 4.69) is 40.1 Å². The van der Waals surface area contributed by atoms with E-state index in [-0.39, 0.29) is 11.5 Å². The Hall–Kier alpha value is -3.13. The lowest BCUT2D eigenvalue weighted by Gasteiger charge is -2.45. The predicted molar refractivity (Wildman–Crippen MR) is 143 cm³/mol. The topological polar surface area (TPSA) is 60.0 Å². The Labute approximate surface area is 218 Å². The summed E-state index contributed by atoms with van der Waals surface area (Å²) in [5.74, 6) is -1.31. The molecule has 1 aromatic carbocycles. The summed E-state index contributed by atoms with van der Waals surface area (Å²) >= 11 is 0. The largest absolute Gasteiger partial charge is 0.360 e. The van der Waals surface area contributed by atoms with Gasteiger partial charge in [0.1, 0.15) is 12.5 Å². The van der Waals surface area contributed by atoms with E-state index in [0.29, 0.717) is 24.3 Å². The van der Waals surface area contributed by atoms with Gasteiger partial charge in [0.15, 0.2) is 11.6 Å². The molecule has 0 amide bonds. The van der Waals surface area contributed by atoms with Crippen LogP contribution in [0.4, 0.5) is 13.2 Å². The minimum absolute atomic E-state index is 0.0956. The molecule has 0 fully saturated rings. The molecule has 3 aromatic rings. The van der Waals surface area contributed by atoms with E-state index in [4.69, 9.17) is 10.7 Å². The number of imidazole rings is 1. The van der Waals surface area contributed by atoms with E-state index in [1.807, 2.05) is 40.8 Å². The fraction of sp³-hybridized carbons (Fsp3) is 0.448. The second kappa shape index (κ2) is 11.5. The number of benzene rings is 1. The van der Waals surface area contributed by atoms with Crippen LogP contribution in [0.15, 0.2) is 42.7 Å². The number of pyridine rings is 1. The van der Waals surface area contributed by atoms with Crippen LogP contribution in [-0.2, 0) is 25.2 Å². The minimum Gasteiger partial charge on any atom is -0.360 e. The van der Waals surface area contributed by atoms with Gasteiger partial charge >= 0.3 is 0 Å². The second-order valence-corrected chi connectivity index (χ2v) is 10.2. The Morgan fingerprint density at radius 3 is 2.43 bits per heavy atom. The van der Waals surface area contributed by atoms with Gasteiger partial charge in [-0.1, -0.05) is 33.4 Å². The smallest absolute Gasteiger partial charge is 0.164 e. The lowest BCUT2D eigenvalue weighted by molar-refractivity contribution is 0.116. The first-order chi connectivity index (χ1) is 17.5. The van der Waals surface area contributed by atoms with Crippen molar-refractivity contribution in [1.82, 2.24) is 19.4 Å². The number of aryl methyl sites for hydroxylation is 2. The number of hydrogen-bond donors (Lipinski definition) is 1. The van der Waals surface area contributed by atoms with Gasteiger partial charge < -0.3 is 15.2 Å². The lowest BCUT2D eigenvalue weighted by Crippen LogP contribution is -2.49. The van der Waals surface area contributed by atoms with Gasteiger partial charge in [-0.2, -0.15) is 0 Å². The van der Waals surface area contributed by atoms with Crippen molar-refractivity contribution in [3.63, 3.8) is 0 Å². The maximum absolute atomic E-state index is 14.1. The molecule has 4 rings (SSSR count). The molecule has 1 aliphatic rings. The van der Waals surface area contributed by atoms with Crippen molar-refractivity contribution in [2.45, 2.75) is 72.6 Å². The Morgan fingerprint density at radius 2 is 1.89 bits per heavy atom. The molecule has 0 aliphatic carbocycles. The third-order valence-electron chi connectivity index (χ3n) is 6.80. The quantitative estimate of drug-likeness (QED) is 0.415. The molecule has 200 valence electrons. The maximum atomic E-state index is 14.1. The van der Waals surface area contributed by atoms with Crippen LogP contribution in [0.1, 0.15) is 68.9 Å². The lowest BCUT2D eigenvalue weighted by atomic mass is 9.97. The number of halogens is 3. The average molecular weight is 514 g/mol. The van der Waals surface area contributed by atoms with Gasteiger partial charge in [-0.25, -0.2) is 18.2 Å². The molecule has 3 heterocycles. The fourth-order valence-corrected chi connectivity index (χ4v) is 4.81. The van der Waals surface area contributed by atoms with Gasteiger partial charge in [-0.3, -0.25) is 4.98 Å². The number of fused-ring (bicyclic) bond motifs is 1. The number of alkyl halides is 1. The van der Waals surface area contributed by atoms with E-state index in [0.717, 1.165) is 36.2 Å². The van der Waals surface area contributed by atoms with Gasteiger partial charge in [0.05, 0.1) is 11.2 Å². The molecule has 0 saturated carbocycles. The van der Waals surface area contributed by atoms with E-state index >= 15 is 0 Å². The third kappa shape index (κ3) is 5.74. The minimum atomic E-state index is -1.15. The van der Waals surface area contributed by atoms with Crippen molar-refractivity contribution in [2.75, 3.05) is 13.1 Å². The molecule has 0 spiro atoms. The third-order valence-corrected chi connectivity index (χ3v) is 6.80. The van der Waals surface area contributed by atoms with Gasteiger partial charge in [-0.15, -0.1) is 0 Å². The fourth-order valence-electron chi connectivity index (χ4n) is 4.81. The molecule has 0 radical (unpaired) electrons. The van der Waals surface area contributed by atoms with Crippen LogP contribution < -0.4 is 5.73 Å². The molecule has 8 heteroatoms. The summed E-state index contributed by atoms with van der Waals surface area (Å²) in [6.45, 7) is 17.0. The number of aromatic nitrogens is 3. The Morgan fingerprint density at radius 1 is 1.19 bits per heavy atom. The monoisotopic (exact) mass is 513 g/mol. The van der Waals surface area contributed by atoms with Crippen LogP contribution in [0.2, 0.25) is 0 Å². The number of rotatable bonds is 6. The average Bonchev–Trinajstić information content (AvgIpc) is 3.27. The van der Waals surface area contributed by atoms with Crippen LogP contribution in [0.5, 0.6) is 0 Å². The summed E-state index contributed by atoms with van der Waals surface area (Å²) in [5, 5.41) is 0. The first-order valence-electron chi connectivity index (χ1n) is 12.7. The number of nitrogens with zero attached hydrogens (tertiary/aromatic N) is 4. The molecular formula is C29H38F3N5. The molecule has 1 aliphatic heterocycles. The van der Waals surface area contributed by atoms with Gasteiger partial charge in [0.25, 0.3) is 0 Å². The van der Waals surface area contributed by atoms with Crippen molar-refractivity contribution in [1.29, 1.82) is 0 Å². The van der Waals surface area contributed by atoms with Crippen molar-refractivity contribution < 1.29 is 13.2 Å². The first-order valence-corrected chi connectivity index (χ1v) is 12.7. The van der Waals surface area contributed by atoms with E-state index in [1.54, 1.807) is 0 Å². The van der Waals surface area contributed by atoms with Gasteiger partial charge in [-0.05, 0) is 56.9 Å². The molecule has 0 saturated heterocycles. The van der Waals surface area contributed by atoms with Crippen molar-refractivity contribution in [2.24, 2.45) is 5.73 Å². The number of nitrogens with two attached hydrogens (primary N) is 1. The highest BCUT2D eigenvalue weighted by Gasteiger charge is 2.39. The van der Waals surface area contributed by atoms with Crippen LogP contribution in [0, 0.1) is 18.6 Å². The van der Waals surface area contributed by atoms with Gasteiger partial charge in [0, 0.05) is 54.0 Å². The Kier molecular flexibility index (Phi) is 8.84. The maximum Gasteiger partial charge on any atom is 0.164 e. The molecule has 0 atom stereocenters. The van der Waals surface area contributed by atoms with E-state index in [9.17, 15) is 13.2 Å². The second-order valence-electron chi connectivity index (χ2n) is 10.2. The zero-order chi connectivity index (χ0) is 27.5. The highest BCUT2D eigenvalue weighted by atomic mass is 19.2. The standard InChI is InChI=1S/C21H27F3N4.C8H11N/c1-12(2)19-18(14-8-15(10-22)17(24)16(23)9-14)26-20-21(4,5)28(13(3)11-25)7-6-27(19)20;1-3-8-5-4-7(2)6-9-8/h8-9,12H,3,6-7,10-11,25H2,1-2,4-5H3;4-6H,3H2,1-2H3. The molecule has 5 nitrogen and oxygen atoms in total. The van der Waals surface area contributed by atoms with Crippen LogP contribution in [0.3, 0.4) is 0 Å². The highest BCUT2D eigenvalue weighted by molar-refractivity contribution is 5.65. The number of hydrogen-bond acceptors (Lipinski definition) is 4. The summed E-state index contributed by atoms with van der Waals surface area (Å²) in [6, 6.07) is 6.60. The molecular weight excluding hydrogens is 475 g/mol. The van der Waals surface area contributed by atoms with E-state index in [1.165, 1.54) is 17.3 Å². The zero-order valence-corrected chi connectivity index (χ0v) is 22.7. The SMILES string of the molecule is C=C(CN)N1CCn2c(nc(-c3cc(F)c(F)c(CF)c3)c2C(C)C)C1(C)C.CCc1ccc(C)cn1. The van der Waals surface area contributed by atoms with Crippen molar-refractivity contribution in [3.05, 3.63) is 82.7 Å². The molecule has 0 bridgehead atoms. The normalized spacial score (nSPS) is 14.3. The Balaban J connectivity index is 0.000000356. The summed E-state index contributed by atoms with van der Waals surface area (Å²) in [5.41, 5.74) is 10.1. The van der Waals surface area contributed by atoms with Gasteiger partial charge in [0.2, 0.25) is 0 Å². The summed E-state index contributed by atoms with van der Waals surface area (Å²) in [6.07, 6.45) is 2.93. The summed E-state index contributed by atoms with van der Waals surface area (Å²) < 4.78 is 43.2. The molecule has 2 N–H and O–H groups in total. The summed E-state index contributed by atoms with van der Waals surface area (Å²) in [7, 11) is 0. The first kappa shape index (κ1) is 28.4. The van der Waals surface area contributed by atoms with E-state index < -0.39 is 23.8 Å². The zero-order valence-electron chi connectivity index (χ0n) is 22.7. The van der Waals surface area contributed by atoms with Crippen LogP contribution in [-0.4, -0.2) is 32.5 Å². The molecule has 2 aromatic heterocycles. The molecule has 37 heavy (non-hydrogen) atoms. The summed E-state index contributed by atoms with van der Waals surface area (Å²) in [4.78, 5) is 11.2. The Bertz CT molecular complexity index is 1250. The van der Waals surface area contributed by atoms with Crippen molar-refractivity contribution >= 4 is 0 Å². The predicted octanol–water partition coefficient (Wildman–Crippen LogP) is 6.40. The van der Waals surface area contributed by atoms with Crippen molar-refractivity contribution in [3.8, 4) is 11.3 Å². The van der Waals surface area contributed by atoms with Crippen LogP contribution >= 0.6 is 0 Å². The highest BCUT2D eigenvalue weighted by Crippen LogP contribution is 2.40. The van der Waals surface area contributed by atoms with Crippen LogP contribution in [0.25, 0.3) is 11.3 Å². The molecule has 0 unspecified atom stereocenters.